The van der Waals surface area contributed by atoms with E-state index >= 15 is 0 Å². The van der Waals surface area contributed by atoms with E-state index in [1.807, 2.05) is 18.3 Å². The molecule has 4 aromatic heterocycles. The smallest absolute Gasteiger partial charge is 0.346 e. The molecule has 4 rings (SSSR count). The van der Waals surface area contributed by atoms with Crippen molar-refractivity contribution in [3.05, 3.63) is 95.2 Å². The largest absolute Gasteiger partial charge is 0.433 e. The van der Waals surface area contributed by atoms with Crippen LogP contribution < -0.4 is 0 Å². The van der Waals surface area contributed by atoms with Gasteiger partial charge in [-0.1, -0.05) is 18.1 Å². The van der Waals surface area contributed by atoms with Crippen LogP contribution in [0.15, 0.2) is 55.1 Å². The first kappa shape index (κ1) is 18.7. The Labute approximate surface area is 164 Å². The summed E-state index contributed by atoms with van der Waals surface area (Å²) in [7, 11) is 0. The van der Waals surface area contributed by atoms with Crippen molar-refractivity contribution in [2.45, 2.75) is 12.6 Å². The third kappa shape index (κ3) is 3.97. The average molecular weight is 391 g/mol. The zero-order valence-corrected chi connectivity index (χ0v) is 15.0. The highest BCUT2D eigenvalue weighted by Gasteiger charge is 2.32. The van der Waals surface area contributed by atoms with Gasteiger partial charge in [0, 0.05) is 54.3 Å². The maximum atomic E-state index is 12.6. The van der Waals surface area contributed by atoms with E-state index in [4.69, 9.17) is 6.42 Å². The molecular formula is C22H14F3N4. The summed E-state index contributed by atoms with van der Waals surface area (Å²) in [5.74, 6) is 2.67. The number of halogens is 3. The molecule has 1 N–H and O–H groups in total. The number of rotatable bonds is 4. The van der Waals surface area contributed by atoms with Crippen LogP contribution in [0.4, 0.5) is 13.2 Å². The molecule has 0 aromatic carbocycles. The number of H-pyrrole nitrogens is 1. The van der Waals surface area contributed by atoms with E-state index in [9.17, 15) is 13.2 Å². The zero-order valence-electron chi connectivity index (χ0n) is 15.0. The van der Waals surface area contributed by atoms with Crippen LogP contribution in [0.1, 0.15) is 33.6 Å². The molecular weight excluding hydrogens is 377 g/mol. The molecule has 0 spiro atoms. The summed E-state index contributed by atoms with van der Waals surface area (Å²) < 4.78 is 37.8. The highest BCUT2D eigenvalue weighted by Crippen LogP contribution is 2.27. The number of nitrogens with one attached hydrogen (secondary N) is 1. The summed E-state index contributed by atoms with van der Waals surface area (Å²) >= 11 is 0. The SMILES string of the molecule is C#Cc1ccnc2[nH]cc(Cc3ccc([CH]c4ccc(C(F)(F)F)nc4)nc3)c12. The van der Waals surface area contributed by atoms with Crippen molar-refractivity contribution in [1.82, 2.24) is 19.9 Å². The first-order valence-electron chi connectivity index (χ1n) is 8.68. The van der Waals surface area contributed by atoms with E-state index in [1.165, 1.54) is 12.3 Å². The van der Waals surface area contributed by atoms with Crippen LogP contribution in [0.3, 0.4) is 0 Å². The number of nitrogens with zero attached hydrogens (tertiary/aromatic N) is 3. The lowest BCUT2D eigenvalue weighted by Gasteiger charge is -2.07. The molecule has 0 aliphatic rings. The molecule has 0 saturated heterocycles. The molecule has 0 atom stereocenters. The lowest BCUT2D eigenvalue weighted by atomic mass is 10.0. The Morgan fingerprint density at radius 1 is 1.03 bits per heavy atom. The standard InChI is InChI=1S/C22H14F3N4/c1-2-16-7-8-26-21-20(16)17(13-29-21)9-14-3-5-18(27-11-14)10-15-4-6-19(28-12-15)22(23,24)25/h1,3-8,10-13H,9H2,(H,26,29). The molecule has 143 valence electrons. The Kier molecular flexibility index (Phi) is 4.77. The van der Waals surface area contributed by atoms with E-state index in [0.29, 0.717) is 17.7 Å². The fourth-order valence-electron chi connectivity index (χ4n) is 3.06. The molecule has 0 saturated carbocycles. The van der Waals surface area contributed by atoms with Gasteiger partial charge in [0.15, 0.2) is 0 Å². The van der Waals surface area contributed by atoms with Crippen LogP contribution in [0.2, 0.25) is 0 Å². The number of pyridine rings is 3. The highest BCUT2D eigenvalue weighted by molar-refractivity contribution is 5.86. The summed E-state index contributed by atoms with van der Waals surface area (Å²) in [5, 5.41) is 0.918. The summed E-state index contributed by atoms with van der Waals surface area (Å²) in [5.41, 5.74) is 3.76. The van der Waals surface area contributed by atoms with Gasteiger partial charge in [0.05, 0.1) is 0 Å². The number of fused-ring (bicyclic) bond motifs is 1. The van der Waals surface area contributed by atoms with Gasteiger partial charge in [-0.05, 0) is 34.9 Å². The lowest BCUT2D eigenvalue weighted by molar-refractivity contribution is -0.141. The number of hydrogen-bond acceptors (Lipinski definition) is 3. The van der Waals surface area contributed by atoms with Gasteiger partial charge in [-0.3, -0.25) is 9.97 Å². The first-order valence-corrected chi connectivity index (χ1v) is 8.68. The molecule has 1 radical (unpaired) electrons. The zero-order chi connectivity index (χ0) is 20.4. The summed E-state index contributed by atoms with van der Waals surface area (Å²) in [6.07, 6.45) is 9.89. The molecule has 4 heterocycles. The maximum absolute atomic E-state index is 12.6. The quantitative estimate of drug-likeness (QED) is 0.520. The number of hydrogen-bond donors (Lipinski definition) is 1. The Hall–Kier alpha value is -3.66. The Bertz CT molecular complexity index is 1180. The molecule has 0 unspecified atom stereocenters. The van der Waals surface area contributed by atoms with Gasteiger partial charge in [-0.2, -0.15) is 13.2 Å². The summed E-state index contributed by atoms with van der Waals surface area (Å²) in [6, 6.07) is 7.84. The highest BCUT2D eigenvalue weighted by atomic mass is 19.4. The Balaban J connectivity index is 1.50. The van der Waals surface area contributed by atoms with Crippen LogP contribution in [0.25, 0.3) is 11.0 Å². The van der Waals surface area contributed by atoms with E-state index in [2.05, 4.69) is 25.9 Å². The second kappa shape index (κ2) is 7.40. The van der Waals surface area contributed by atoms with Crippen LogP contribution in [0, 0.1) is 18.8 Å². The normalized spacial score (nSPS) is 11.5. The van der Waals surface area contributed by atoms with Gasteiger partial charge in [-0.15, -0.1) is 6.42 Å². The van der Waals surface area contributed by atoms with Crippen molar-refractivity contribution >= 4 is 11.0 Å². The number of aromatic amines is 1. The van der Waals surface area contributed by atoms with E-state index < -0.39 is 11.9 Å². The van der Waals surface area contributed by atoms with Crippen LogP contribution in [-0.2, 0) is 12.6 Å². The van der Waals surface area contributed by atoms with Crippen molar-refractivity contribution in [3.8, 4) is 12.3 Å². The van der Waals surface area contributed by atoms with Gasteiger partial charge in [0.2, 0.25) is 0 Å². The van der Waals surface area contributed by atoms with E-state index in [0.717, 1.165) is 33.8 Å². The van der Waals surface area contributed by atoms with E-state index in [-0.39, 0.29) is 0 Å². The third-order valence-corrected chi connectivity index (χ3v) is 4.44. The van der Waals surface area contributed by atoms with Crippen molar-refractivity contribution < 1.29 is 13.2 Å². The minimum Gasteiger partial charge on any atom is -0.346 e. The summed E-state index contributed by atoms with van der Waals surface area (Å²) in [6.45, 7) is 0. The Morgan fingerprint density at radius 3 is 2.55 bits per heavy atom. The van der Waals surface area contributed by atoms with Crippen molar-refractivity contribution in [1.29, 1.82) is 0 Å². The predicted molar refractivity (Wildman–Crippen MR) is 103 cm³/mol. The average Bonchev–Trinajstić information content (AvgIpc) is 3.12. The maximum Gasteiger partial charge on any atom is 0.433 e. The predicted octanol–water partition coefficient (Wildman–Crippen LogP) is 4.54. The third-order valence-electron chi connectivity index (χ3n) is 4.44. The number of aromatic nitrogens is 4. The van der Waals surface area contributed by atoms with Crippen molar-refractivity contribution in [3.63, 3.8) is 0 Å². The number of terminal acetylenes is 1. The molecule has 0 aliphatic carbocycles. The fourth-order valence-corrected chi connectivity index (χ4v) is 3.06. The van der Waals surface area contributed by atoms with E-state index in [1.54, 1.807) is 24.9 Å². The van der Waals surface area contributed by atoms with Crippen molar-refractivity contribution in [2.75, 3.05) is 0 Å². The van der Waals surface area contributed by atoms with Gasteiger partial charge < -0.3 is 4.98 Å². The molecule has 0 aliphatic heterocycles. The lowest BCUT2D eigenvalue weighted by Crippen LogP contribution is -2.07. The second-order valence-electron chi connectivity index (χ2n) is 6.43. The fraction of sp³-hybridized carbons (Fsp3) is 0.0909. The minimum absolute atomic E-state index is 0.541. The molecule has 4 nitrogen and oxygen atoms in total. The Morgan fingerprint density at radius 2 is 1.90 bits per heavy atom. The van der Waals surface area contributed by atoms with Gasteiger partial charge >= 0.3 is 6.18 Å². The van der Waals surface area contributed by atoms with Crippen LogP contribution in [-0.4, -0.2) is 19.9 Å². The van der Waals surface area contributed by atoms with Crippen molar-refractivity contribution in [2.24, 2.45) is 0 Å². The summed E-state index contributed by atoms with van der Waals surface area (Å²) in [4.78, 5) is 15.2. The molecule has 0 bridgehead atoms. The molecule has 0 amide bonds. The topological polar surface area (TPSA) is 54.5 Å². The monoisotopic (exact) mass is 391 g/mol. The first-order chi connectivity index (χ1) is 13.9. The second-order valence-corrected chi connectivity index (χ2v) is 6.43. The van der Waals surface area contributed by atoms with Gasteiger partial charge in [-0.25, -0.2) is 4.98 Å². The molecule has 4 aromatic rings. The van der Waals surface area contributed by atoms with Gasteiger partial charge in [0.1, 0.15) is 11.3 Å². The molecule has 7 heteroatoms. The molecule has 0 fully saturated rings. The minimum atomic E-state index is -4.45. The molecule has 29 heavy (non-hydrogen) atoms. The van der Waals surface area contributed by atoms with Crippen LogP contribution in [0.5, 0.6) is 0 Å². The number of alkyl halides is 3. The van der Waals surface area contributed by atoms with Gasteiger partial charge in [0.25, 0.3) is 0 Å². The van der Waals surface area contributed by atoms with Crippen LogP contribution >= 0.6 is 0 Å².